The van der Waals surface area contributed by atoms with Gasteiger partial charge in [-0.3, -0.25) is 4.79 Å². The van der Waals surface area contributed by atoms with Gasteiger partial charge in [0.25, 0.3) is 0 Å². The lowest BCUT2D eigenvalue weighted by molar-refractivity contribution is -0.144. The molecular formula is C20H28N4O2. The summed E-state index contributed by atoms with van der Waals surface area (Å²) in [6, 6.07) is 8.21. The summed E-state index contributed by atoms with van der Waals surface area (Å²) >= 11 is 0. The van der Waals surface area contributed by atoms with Crippen LogP contribution in [0.5, 0.6) is 0 Å². The molecule has 0 aromatic heterocycles. The maximum atomic E-state index is 12.8. The van der Waals surface area contributed by atoms with Crippen molar-refractivity contribution in [3.8, 4) is 0 Å². The molecule has 2 unspecified atom stereocenters. The quantitative estimate of drug-likeness (QED) is 0.886. The van der Waals surface area contributed by atoms with E-state index in [9.17, 15) is 9.59 Å². The number of nitrogens with zero attached hydrogens (tertiary/aromatic N) is 3. The third-order valence-corrected chi connectivity index (χ3v) is 6.08. The van der Waals surface area contributed by atoms with Crippen LogP contribution in [0.3, 0.4) is 0 Å². The molecule has 1 aromatic carbocycles. The van der Waals surface area contributed by atoms with Crippen LogP contribution in [0, 0.1) is 11.8 Å². The monoisotopic (exact) mass is 356 g/mol. The van der Waals surface area contributed by atoms with Crippen LogP contribution in [0.25, 0.3) is 0 Å². The van der Waals surface area contributed by atoms with Crippen molar-refractivity contribution in [3.05, 3.63) is 24.3 Å². The fourth-order valence-corrected chi connectivity index (χ4v) is 4.84. The SMILES string of the molecule is CN(C)c1cccc(NC(=O)N2CC3CC(C2)[C@@H]2CCCC(=O)N2C3)c1. The van der Waals surface area contributed by atoms with Gasteiger partial charge in [0.15, 0.2) is 0 Å². The number of likely N-dealkylation sites (tertiary alicyclic amines) is 1. The lowest BCUT2D eigenvalue weighted by Gasteiger charge is -2.52. The van der Waals surface area contributed by atoms with Gasteiger partial charge in [-0.15, -0.1) is 0 Å². The van der Waals surface area contributed by atoms with Crippen LogP contribution < -0.4 is 10.2 Å². The second-order valence-electron chi connectivity index (χ2n) is 8.15. The van der Waals surface area contributed by atoms with Crippen LogP contribution in [0.4, 0.5) is 16.2 Å². The molecule has 6 heteroatoms. The smallest absolute Gasteiger partial charge is 0.321 e. The second kappa shape index (κ2) is 6.82. The van der Waals surface area contributed by atoms with Gasteiger partial charge in [-0.1, -0.05) is 6.07 Å². The van der Waals surface area contributed by atoms with Crippen LogP contribution in [0.15, 0.2) is 24.3 Å². The zero-order valence-electron chi connectivity index (χ0n) is 15.6. The van der Waals surface area contributed by atoms with Crippen LogP contribution >= 0.6 is 0 Å². The van der Waals surface area contributed by atoms with E-state index in [0.29, 0.717) is 30.2 Å². The summed E-state index contributed by atoms with van der Waals surface area (Å²) in [7, 11) is 3.98. The van der Waals surface area contributed by atoms with E-state index in [1.165, 1.54) is 0 Å². The molecule has 2 bridgehead atoms. The van der Waals surface area contributed by atoms with Crippen molar-refractivity contribution >= 4 is 23.3 Å². The van der Waals surface area contributed by atoms with E-state index in [1.807, 2.05) is 48.2 Å². The Morgan fingerprint density at radius 1 is 1.23 bits per heavy atom. The van der Waals surface area contributed by atoms with Gasteiger partial charge in [-0.2, -0.15) is 0 Å². The van der Waals surface area contributed by atoms with E-state index < -0.39 is 0 Å². The molecule has 140 valence electrons. The Bertz CT molecular complexity index is 705. The van der Waals surface area contributed by atoms with Gasteiger partial charge in [-0.05, 0) is 49.3 Å². The Balaban J connectivity index is 1.44. The number of carbonyl (C=O) groups is 2. The predicted molar refractivity (Wildman–Crippen MR) is 102 cm³/mol. The molecule has 3 aliphatic rings. The lowest BCUT2D eigenvalue weighted by atomic mass is 9.76. The third-order valence-electron chi connectivity index (χ3n) is 6.08. The summed E-state index contributed by atoms with van der Waals surface area (Å²) in [5, 5.41) is 3.06. The molecule has 3 aliphatic heterocycles. The Labute approximate surface area is 155 Å². The van der Waals surface area contributed by atoms with Gasteiger partial charge in [0.1, 0.15) is 0 Å². The van der Waals surface area contributed by atoms with E-state index in [0.717, 1.165) is 50.3 Å². The number of carbonyl (C=O) groups excluding carboxylic acids is 2. The molecule has 3 saturated heterocycles. The molecule has 0 radical (unpaired) electrons. The zero-order valence-corrected chi connectivity index (χ0v) is 15.6. The first-order valence-corrected chi connectivity index (χ1v) is 9.64. The Morgan fingerprint density at radius 3 is 2.88 bits per heavy atom. The van der Waals surface area contributed by atoms with E-state index in [-0.39, 0.29) is 6.03 Å². The minimum absolute atomic E-state index is 0.0220. The van der Waals surface area contributed by atoms with Gasteiger partial charge in [-0.25, -0.2) is 4.79 Å². The third kappa shape index (κ3) is 3.24. The molecule has 3 atom stereocenters. The summed E-state index contributed by atoms with van der Waals surface area (Å²) in [6.07, 6.45) is 3.92. The Morgan fingerprint density at radius 2 is 2.08 bits per heavy atom. The number of rotatable bonds is 2. The molecule has 0 spiro atoms. The fraction of sp³-hybridized carbons (Fsp3) is 0.600. The summed E-state index contributed by atoms with van der Waals surface area (Å²) < 4.78 is 0. The van der Waals surface area contributed by atoms with Crippen molar-refractivity contribution in [2.75, 3.05) is 43.9 Å². The van der Waals surface area contributed by atoms with Crippen molar-refractivity contribution in [3.63, 3.8) is 0 Å². The standard InChI is InChI=1S/C20H28N4O2/c1-22(2)17-6-3-5-16(10-17)21-20(26)23-11-14-9-15(13-23)18-7-4-8-19(25)24(18)12-14/h3,5-6,10,14-15,18H,4,7-9,11-13H2,1-2H3,(H,21,26)/t14?,15?,18-/m0/s1. The first-order valence-electron chi connectivity index (χ1n) is 9.64. The van der Waals surface area contributed by atoms with E-state index in [2.05, 4.69) is 10.2 Å². The highest BCUT2D eigenvalue weighted by Crippen LogP contribution is 2.38. The Hall–Kier alpha value is -2.24. The first kappa shape index (κ1) is 17.2. The highest BCUT2D eigenvalue weighted by molar-refractivity contribution is 5.90. The molecule has 3 heterocycles. The molecule has 0 aliphatic carbocycles. The van der Waals surface area contributed by atoms with Crippen molar-refractivity contribution in [2.24, 2.45) is 11.8 Å². The lowest BCUT2D eigenvalue weighted by Crippen LogP contribution is -2.61. The number of hydrogen-bond donors (Lipinski definition) is 1. The van der Waals surface area contributed by atoms with Gasteiger partial charge in [0.2, 0.25) is 5.91 Å². The van der Waals surface area contributed by atoms with Crippen LogP contribution in [-0.4, -0.2) is 61.5 Å². The average molecular weight is 356 g/mol. The first-order chi connectivity index (χ1) is 12.5. The largest absolute Gasteiger partial charge is 0.378 e. The van der Waals surface area contributed by atoms with Crippen molar-refractivity contribution in [2.45, 2.75) is 31.7 Å². The molecule has 6 nitrogen and oxygen atoms in total. The van der Waals surface area contributed by atoms with Crippen LogP contribution in [0.1, 0.15) is 25.7 Å². The average Bonchev–Trinajstić information content (AvgIpc) is 2.62. The summed E-state index contributed by atoms with van der Waals surface area (Å²) in [5.74, 6) is 1.14. The highest BCUT2D eigenvalue weighted by Gasteiger charge is 2.44. The maximum absolute atomic E-state index is 12.8. The second-order valence-corrected chi connectivity index (χ2v) is 8.15. The number of piperidine rings is 3. The van der Waals surface area contributed by atoms with Crippen molar-refractivity contribution in [1.29, 1.82) is 0 Å². The predicted octanol–water partition coefficient (Wildman–Crippen LogP) is 2.62. The number of fused-ring (bicyclic) bond motifs is 4. The van der Waals surface area contributed by atoms with Gasteiger partial charge in [0, 0.05) is 57.6 Å². The van der Waals surface area contributed by atoms with Crippen molar-refractivity contribution < 1.29 is 9.59 Å². The molecular weight excluding hydrogens is 328 g/mol. The van der Waals surface area contributed by atoms with E-state index >= 15 is 0 Å². The molecule has 4 rings (SSSR count). The fourth-order valence-electron chi connectivity index (χ4n) is 4.84. The summed E-state index contributed by atoms with van der Waals surface area (Å²) in [5.41, 5.74) is 1.89. The van der Waals surface area contributed by atoms with Crippen LogP contribution in [-0.2, 0) is 4.79 Å². The van der Waals surface area contributed by atoms with E-state index in [1.54, 1.807) is 0 Å². The number of amides is 3. The maximum Gasteiger partial charge on any atom is 0.321 e. The molecule has 3 amide bonds. The highest BCUT2D eigenvalue weighted by atomic mass is 16.2. The molecule has 26 heavy (non-hydrogen) atoms. The minimum Gasteiger partial charge on any atom is -0.378 e. The molecule has 1 aromatic rings. The molecule has 1 N–H and O–H groups in total. The Kier molecular flexibility index (Phi) is 4.51. The zero-order chi connectivity index (χ0) is 18.3. The number of urea groups is 1. The molecule has 3 fully saturated rings. The van der Waals surface area contributed by atoms with Crippen molar-refractivity contribution in [1.82, 2.24) is 9.80 Å². The molecule has 0 saturated carbocycles. The number of anilines is 2. The number of nitrogens with one attached hydrogen (secondary N) is 1. The summed E-state index contributed by atoms with van der Waals surface area (Å²) in [6.45, 7) is 2.32. The normalized spacial score (nSPS) is 27.8. The van der Waals surface area contributed by atoms with E-state index in [4.69, 9.17) is 0 Å². The summed E-state index contributed by atoms with van der Waals surface area (Å²) in [4.78, 5) is 31.1. The topological polar surface area (TPSA) is 55.9 Å². The van der Waals surface area contributed by atoms with Gasteiger partial charge < -0.3 is 20.0 Å². The van der Waals surface area contributed by atoms with Gasteiger partial charge in [0.05, 0.1) is 0 Å². The number of hydrogen-bond acceptors (Lipinski definition) is 3. The van der Waals surface area contributed by atoms with Gasteiger partial charge >= 0.3 is 6.03 Å². The number of benzene rings is 1. The minimum atomic E-state index is -0.0220. The van der Waals surface area contributed by atoms with Crippen LogP contribution in [0.2, 0.25) is 0 Å².